The molecule has 0 aromatic rings. The molecule has 13 nitrogen and oxygen atoms in total. The molecule has 2 saturated heterocycles. The van der Waals surface area contributed by atoms with Crippen molar-refractivity contribution >= 4 is 0 Å². The minimum absolute atomic E-state index is 0.0140. The number of allylic oxidation sites excluding steroid dienone is 3. The van der Waals surface area contributed by atoms with Crippen LogP contribution in [0.4, 0.5) is 0 Å². The molecule has 6 fully saturated rings. The quantitative estimate of drug-likeness (QED) is 0.115. The first-order chi connectivity index (χ1) is 25.7. The highest BCUT2D eigenvalue weighted by atomic mass is 16.8. The van der Waals surface area contributed by atoms with E-state index in [2.05, 4.69) is 47.3 Å². The average molecular weight is 783 g/mol. The van der Waals surface area contributed by atoms with Gasteiger partial charge in [-0.1, -0.05) is 58.4 Å². The number of hydrogen-bond acceptors (Lipinski definition) is 13. The van der Waals surface area contributed by atoms with E-state index >= 15 is 0 Å². The number of aliphatic hydroxyl groups excluding tert-OH is 9. The van der Waals surface area contributed by atoms with Crippen LogP contribution in [0.2, 0.25) is 0 Å². The molecule has 316 valence electrons. The van der Waals surface area contributed by atoms with Crippen LogP contribution in [0.15, 0.2) is 23.8 Å². The second-order valence-electron chi connectivity index (χ2n) is 19.6. The Bertz CT molecular complexity index is 1400. The first-order valence-corrected chi connectivity index (χ1v) is 20.6. The Morgan fingerprint density at radius 2 is 1.38 bits per heavy atom. The van der Waals surface area contributed by atoms with Crippen LogP contribution in [-0.2, 0) is 18.9 Å². The topological polar surface area (TPSA) is 219 Å². The van der Waals surface area contributed by atoms with E-state index in [1.54, 1.807) is 0 Å². The summed E-state index contributed by atoms with van der Waals surface area (Å²) >= 11 is 0. The third-order valence-corrected chi connectivity index (χ3v) is 16.0. The van der Waals surface area contributed by atoms with E-state index in [-0.39, 0.29) is 34.5 Å². The van der Waals surface area contributed by atoms with Crippen LogP contribution in [0.5, 0.6) is 0 Å². The van der Waals surface area contributed by atoms with E-state index in [0.717, 1.165) is 25.7 Å². The van der Waals surface area contributed by atoms with Crippen molar-refractivity contribution in [1.29, 1.82) is 0 Å². The van der Waals surface area contributed by atoms with Crippen LogP contribution in [0.1, 0.15) is 99.8 Å². The van der Waals surface area contributed by atoms with Crippen molar-refractivity contribution in [2.24, 2.45) is 45.3 Å². The summed E-state index contributed by atoms with van der Waals surface area (Å²) in [5.41, 5.74) is 0.701. The van der Waals surface area contributed by atoms with E-state index in [4.69, 9.17) is 18.9 Å². The van der Waals surface area contributed by atoms with E-state index in [9.17, 15) is 46.0 Å². The second-order valence-corrected chi connectivity index (χ2v) is 19.6. The normalized spacial score (nSPS) is 52.1. The van der Waals surface area contributed by atoms with Gasteiger partial charge in [-0.15, -0.1) is 0 Å². The van der Waals surface area contributed by atoms with Gasteiger partial charge in [0.25, 0.3) is 0 Å². The number of aliphatic hydroxyl groups is 9. The Hall–Kier alpha value is -1.04. The van der Waals surface area contributed by atoms with Gasteiger partial charge in [0.15, 0.2) is 12.6 Å². The largest absolute Gasteiger partial charge is 0.394 e. The van der Waals surface area contributed by atoms with Crippen LogP contribution in [0.3, 0.4) is 0 Å². The lowest BCUT2D eigenvalue weighted by Crippen LogP contribution is -2.71. The fourth-order valence-corrected chi connectivity index (χ4v) is 13.0. The maximum atomic E-state index is 12.2. The Labute approximate surface area is 326 Å². The van der Waals surface area contributed by atoms with Gasteiger partial charge in [-0.25, -0.2) is 0 Å². The van der Waals surface area contributed by atoms with Gasteiger partial charge in [0, 0.05) is 0 Å². The van der Waals surface area contributed by atoms with E-state index in [1.807, 2.05) is 13.8 Å². The second kappa shape index (κ2) is 15.9. The Morgan fingerprint density at radius 3 is 2.00 bits per heavy atom. The van der Waals surface area contributed by atoms with E-state index in [1.165, 1.54) is 11.1 Å². The molecule has 0 aromatic carbocycles. The summed E-state index contributed by atoms with van der Waals surface area (Å²) in [4.78, 5) is 0. The van der Waals surface area contributed by atoms with Crippen molar-refractivity contribution in [3.63, 3.8) is 0 Å². The molecule has 0 radical (unpaired) electrons. The summed E-state index contributed by atoms with van der Waals surface area (Å²) in [6, 6.07) is 0. The molecular weight excluding hydrogens is 712 g/mol. The van der Waals surface area contributed by atoms with Crippen LogP contribution < -0.4 is 0 Å². The Balaban J connectivity index is 1.37. The molecule has 0 aromatic heterocycles. The molecule has 0 spiro atoms. The molecule has 0 bridgehead atoms. The van der Waals surface area contributed by atoms with Crippen molar-refractivity contribution in [1.82, 2.24) is 0 Å². The van der Waals surface area contributed by atoms with Gasteiger partial charge in [0.1, 0.15) is 48.8 Å². The molecule has 4 aliphatic carbocycles. The smallest absolute Gasteiger partial charge is 0.187 e. The molecule has 13 heteroatoms. The molecule has 2 heterocycles. The maximum absolute atomic E-state index is 12.2. The number of hydrogen-bond donors (Lipinski definition) is 9. The van der Waals surface area contributed by atoms with Gasteiger partial charge < -0.3 is 64.9 Å². The Morgan fingerprint density at radius 1 is 0.764 bits per heavy atom. The zero-order valence-corrected chi connectivity index (χ0v) is 33.8. The highest BCUT2D eigenvalue weighted by Crippen LogP contribution is 2.76. The van der Waals surface area contributed by atoms with Crippen molar-refractivity contribution in [2.75, 3.05) is 13.2 Å². The van der Waals surface area contributed by atoms with Crippen LogP contribution >= 0.6 is 0 Å². The van der Waals surface area contributed by atoms with Crippen molar-refractivity contribution in [3.05, 3.63) is 23.8 Å². The maximum Gasteiger partial charge on any atom is 0.187 e. The average Bonchev–Trinajstić information content (AvgIpc) is 3.50. The standard InChI is InChI=1S/C42H70O13/c1-20(2)10-9-11-21(3)22-12-15-41(7)29(22)23(45)16-27-40(6)14-13-28(46)39(4,5)36(40)24(17-42(27,41)8)52-38-35(33(50)31(48)26(19-44)54-38)55-37-34(51)32(49)30(47)25(18-43)53-37/h10,22-38,43-51H,3,9,11-19H2,1-2,4-8H3/t22-,23-,24+,25-,26-,27-,28+,29+,30-,31-,32+,33+,34-,35-,36+,37+,38-,40-,41-,42-/m1/s1. The SMILES string of the molecule is C=C(CCC=C(C)C)[C@H]1CC[C@]2(C)[C@@H]1[C@H](O)C[C@@H]1[C@@]3(C)CC[C@H](O)C(C)(C)[C@@H]3[C@@H](O[C@@H]3O[C@H](CO)[C@@H](O)[C@H](O)[C@H]3O[C@@H]3O[C@H](CO)[C@@H](O)[C@H](O)[C@H]3O)C[C@]12C. The van der Waals surface area contributed by atoms with Crippen molar-refractivity contribution in [3.8, 4) is 0 Å². The minimum Gasteiger partial charge on any atom is -0.394 e. The zero-order chi connectivity index (χ0) is 40.6. The van der Waals surface area contributed by atoms with Crippen LogP contribution in [0, 0.1) is 45.3 Å². The summed E-state index contributed by atoms with van der Waals surface area (Å²) in [7, 11) is 0. The van der Waals surface area contributed by atoms with Gasteiger partial charge >= 0.3 is 0 Å². The van der Waals surface area contributed by atoms with Crippen LogP contribution in [-0.4, -0.2) is 139 Å². The van der Waals surface area contributed by atoms with E-state index in [0.29, 0.717) is 25.7 Å². The lowest BCUT2D eigenvalue weighted by atomic mass is 9.34. The van der Waals surface area contributed by atoms with Gasteiger partial charge in [-0.2, -0.15) is 0 Å². The summed E-state index contributed by atoms with van der Waals surface area (Å²) < 4.78 is 25.0. The Kier molecular flexibility index (Phi) is 12.6. The number of rotatable bonds is 10. The zero-order valence-electron chi connectivity index (χ0n) is 33.8. The highest BCUT2D eigenvalue weighted by Gasteiger charge is 2.73. The third kappa shape index (κ3) is 7.12. The van der Waals surface area contributed by atoms with Gasteiger partial charge in [0.2, 0.25) is 0 Å². The monoisotopic (exact) mass is 782 g/mol. The predicted octanol–water partition coefficient (Wildman–Crippen LogP) is 1.93. The van der Waals surface area contributed by atoms with Gasteiger partial charge in [-0.3, -0.25) is 0 Å². The third-order valence-electron chi connectivity index (χ3n) is 16.0. The minimum atomic E-state index is -1.79. The molecule has 6 rings (SSSR count). The molecule has 6 aliphatic rings. The van der Waals surface area contributed by atoms with E-state index < -0.39 is 104 Å². The highest BCUT2D eigenvalue weighted by molar-refractivity contribution is 5.24. The fraction of sp³-hybridized carbons (Fsp3) is 0.905. The molecule has 9 N–H and O–H groups in total. The lowest BCUT2D eigenvalue weighted by molar-refractivity contribution is -0.383. The fourth-order valence-electron chi connectivity index (χ4n) is 13.0. The molecular formula is C42H70O13. The van der Waals surface area contributed by atoms with Crippen molar-refractivity contribution in [2.45, 2.75) is 180 Å². The molecule has 20 atom stereocenters. The summed E-state index contributed by atoms with van der Waals surface area (Å²) in [5, 5.41) is 98.1. The van der Waals surface area contributed by atoms with Crippen LogP contribution in [0.25, 0.3) is 0 Å². The molecule has 0 amide bonds. The molecule has 55 heavy (non-hydrogen) atoms. The molecule has 4 saturated carbocycles. The predicted molar refractivity (Wildman–Crippen MR) is 201 cm³/mol. The molecule has 2 aliphatic heterocycles. The first kappa shape index (κ1) is 43.5. The summed E-state index contributed by atoms with van der Waals surface area (Å²) in [6.07, 6.45) is -9.15. The molecule has 0 unspecified atom stereocenters. The van der Waals surface area contributed by atoms with Gasteiger partial charge in [0.05, 0.1) is 31.5 Å². The summed E-state index contributed by atoms with van der Waals surface area (Å²) in [5.74, 6) is -0.0345. The van der Waals surface area contributed by atoms with Gasteiger partial charge in [-0.05, 0) is 111 Å². The van der Waals surface area contributed by atoms with Crippen molar-refractivity contribution < 1.29 is 64.9 Å². The number of fused-ring (bicyclic) bond motifs is 5. The lowest BCUT2D eigenvalue weighted by Gasteiger charge is -2.72. The summed E-state index contributed by atoms with van der Waals surface area (Å²) in [6.45, 7) is 18.4. The number of ether oxygens (including phenoxy) is 4. The first-order valence-electron chi connectivity index (χ1n) is 20.6.